The summed E-state index contributed by atoms with van der Waals surface area (Å²) in [7, 11) is 0. The van der Waals surface area contributed by atoms with Crippen LogP contribution in [0, 0.1) is 12.1 Å². The summed E-state index contributed by atoms with van der Waals surface area (Å²) in [5.41, 5.74) is 10.3. The Balaban J connectivity index is 0.00000384. The van der Waals surface area contributed by atoms with Crippen LogP contribution in [-0.2, 0) is 21.1 Å². The summed E-state index contributed by atoms with van der Waals surface area (Å²) < 4.78 is 12.4. The number of benzene rings is 7. The van der Waals surface area contributed by atoms with Crippen LogP contribution in [0.15, 0.2) is 170 Å². The number of rotatable bonds is 7. The Labute approximate surface area is 325 Å². The molecule has 0 saturated heterocycles. The summed E-state index contributed by atoms with van der Waals surface area (Å²) in [5.74, 6) is 1.06. The molecule has 0 fully saturated rings. The normalized spacial score (nSPS) is 11.9. The third-order valence-corrected chi connectivity index (χ3v) is 9.37. The van der Waals surface area contributed by atoms with Crippen LogP contribution in [0.2, 0.25) is 0 Å². The van der Waals surface area contributed by atoms with Crippen molar-refractivity contribution in [3.05, 3.63) is 182 Å². The molecule has 8 heteroatoms. The Morgan fingerprint density at radius 1 is 0.574 bits per heavy atom. The van der Waals surface area contributed by atoms with Crippen LogP contribution in [0.25, 0.3) is 49.9 Å². The van der Waals surface area contributed by atoms with Crippen molar-refractivity contribution in [2.24, 2.45) is 0 Å². The average molecular weight is 876 g/mol. The van der Waals surface area contributed by atoms with Crippen molar-refractivity contribution in [3.8, 4) is 39.4 Å². The van der Waals surface area contributed by atoms with Crippen molar-refractivity contribution in [2.75, 3.05) is 0 Å². The fourth-order valence-electron chi connectivity index (χ4n) is 7.00. The monoisotopic (exact) mass is 875 g/mol. The molecule has 0 N–H and O–H groups in total. The van der Waals surface area contributed by atoms with E-state index in [9.17, 15) is 0 Å². The molecule has 7 aromatic carbocycles. The average Bonchev–Trinajstić information content (AvgIpc) is 3.84. The van der Waals surface area contributed by atoms with Crippen molar-refractivity contribution < 1.29 is 25.8 Å². The van der Waals surface area contributed by atoms with E-state index in [1.54, 1.807) is 23.3 Å². The number of fused-ring (bicyclic) bond motifs is 4. The smallest absolute Gasteiger partial charge is 0.509 e. The molecule has 0 atom stereocenters. The summed E-state index contributed by atoms with van der Waals surface area (Å²) in [6.45, 7) is 0. The van der Waals surface area contributed by atoms with Gasteiger partial charge in [0.2, 0.25) is 5.69 Å². The van der Waals surface area contributed by atoms with E-state index in [1.165, 1.54) is 0 Å². The molecule has 2 aromatic heterocycles. The van der Waals surface area contributed by atoms with Gasteiger partial charge in [-0.3, -0.25) is 0 Å². The molecule has 0 amide bonds. The van der Waals surface area contributed by atoms with Crippen LogP contribution in [0.1, 0.15) is 0 Å². The van der Waals surface area contributed by atoms with E-state index < -0.39 is 0 Å². The second-order valence-corrected chi connectivity index (χ2v) is 12.6. The van der Waals surface area contributed by atoms with E-state index in [0.29, 0.717) is 28.4 Å². The number of nitrogens with zero attached hydrogens (tertiary/aromatic N) is 6. The molecule has 9 aromatic rings. The second-order valence-electron chi connectivity index (χ2n) is 12.6. The Kier molecular flexibility index (Phi) is 8.56. The van der Waals surface area contributed by atoms with Gasteiger partial charge in [-0.05, 0) is 51.0 Å². The first-order valence-electron chi connectivity index (χ1n) is 17.3. The zero-order valence-corrected chi connectivity index (χ0v) is 30.8. The van der Waals surface area contributed by atoms with Crippen LogP contribution >= 0.6 is 0 Å². The molecule has 10 rings (SSSR count). The minimum absolute atomic E-state index is 0. The van der Waals surface area contributed by atoms with Crippen LogP contribution in [-0.4, -0.2) is 25.8 Å². The van der Waals surface area contributed by atoms with Gasteiger partial charge in [-0.2, -0.15) is 17.2 Å². The van der Waals surface area contributed by atoms with Gasteiger partial charge in [0.05, 0.1) is 22.7 Å². The summed E-state index contributed by atoms with van der Waals surface area (Å²) >= 11 is 0. The predicted molar refractivity (Wildman–Crippen MR) is 210 cm³/mol. The van der Waals surface area contributed by atoms with E-state index in [0.717, 1.165) is 55.8 Å². The third-order valence-electron chi connectivity index (χ3n) is 9.37. The zero-order valence-electron chi connectivity index (χ0n) is 28.6. The predicted octanol–water partition coefficient (Wildman–Crippen LogP) is 10.5. The van der Waals surface area contributed by atoms with Crippen LogP contribution in [0.5, 0.6) is 11.5 Å². The number of ether oxygens (including phenoxy) is 1. The number of para-hydroxylation sites is 1. The molecule has 1 aliphatic heterocycles. The minimum atomic E-state index is 0. The Hall–Kier alpha value is -6.78. The van der Waals surface area contributed by atoms with E-state index >= 15 is 0 Å². The van der Waals surface area contributed by atoms with E-state index in [-0.39, 0.29) is 21.1 Å². The van der Waals surface area contributed by atoms with Crippen LogP contribution < -0.4 is 13.9 Å². The van der Waals surface area contributed by atoms with E-state index in [2.05, 4.69) is 158 Å². The molecule has 0 saturated carbocycles. The molecule has 0 unspecified atom stereocenters. The maximum absolute atomic E-state index is 6.40. The topological polar surface area (TPSA) is 58.9 Å². The van der Waals surface area contributed by atoms with E-state index in [1.807, 2.05) is 36.4 Å². The van der Waals surface area contributed by atoms with Gasteiger partial charge in [0.25, 0.3) is 5.69 Å². The first-order valence-corrected chi connectivity index (χ1v) is 17.3. The fourth-order valence-corrected chi connectivity index (χ4v) is 7.00. The van der Waals surface area contributed by atoms with Crippen molar-refractivity contribution in [1.82, 2.24) is 28.9 Å². The maximum atomic E-state index is 6.40. The molecule has 0 radical (unpaired) electrons. The molecule has 0 bridgehead atoms. The Morgan fingerprint density at radius 2 is 1.24 bits per heavy atom. The summed E-state index contributed by atoms with van der Waals surface area (Å²) in [5, 5.41) is 6.75. The molecule has 1 aliphatic rings. The largest absolute Gasteiger partial charge is 2.00 e. The summed E-state index contributed by atoms with van der Waals surface area (Å²) in [6, 6.07) is 62.6. The minimum Gasteiger partial charge on any atom is -0.509 e. The van der Waals surface area contributed by atoms with Gasteiger partial charge < -0.3 is 4.74 Å². The van der Waals surface area contributed by atoms with Gasteiger partial charge in [-0.1, -0.05) is 102 Å². The first kappa shape index (κ1) is 33.1. The van der Waals surface area contributed by atoms with Crippen LogP contribution in [0.4, 0.5) is 22.7 Å². The SMILES string of the molecule is C1=[N+](c2[c-]c(Oc3[c-]c(-n4ncc5nccnc54)ccc3)ccc2)c2ccc3ccccc3c2[N+]=1c1c(-c2ccccc2)cccc1-c1ccccc1.[Pt+2]. The van der Waals surface area contributed by atoms with E-state index in [4.69, 9.17) is 4.74 Å². The number of aromatic nitrogens is 4. The molecule has 256 valence electrons. The van der Waals surface area contributed by atoms with Crippen molar-refractivity contribution in [1.29, 1.82) is 0 Å². The molecule has 7 nitrogen and oxygen atoms in total. The van der Waals surface area contributed by atoms with Crippen molar-refractivity contribution in [3.63, 3.8) is 0 Å². The van der Waals surface area contributed by atoms with Gasteiger partial charge in [-0.25, -0.2) is 14.6 Å². The zero-order chi connectivity index (χ0) is 35.1. The fraction of sp³-hybridized carbons (Fsp3) is 0. The van der Waals surface area contributed by atoms with Gasteiger partial charge >= 0.3 is 32.8 Å². The Bertz CT molecular complexity index is 2860. The quantitative estimate of drug-likeness (QED) is 0.118. The van der Waals surface area contributed by atoms with Crippen molar-refractivity contribution in [2.45, 2.75) is 0 Å². The number of hydrogen-bond acceptors (Lipinski definition) is 4. The molecule has 0 aliphatic carbocycles. The number of hydrogen-bond donors (Lipinski definition) is 0. The van der Waals surface area contributed by atoms with Crippen LogP contribution in [0.3, 0.4) is 0 Å². The van der Waals surface area contributed by atoms with Gasteiger partial charge in [0.1, 0.15) is 11.2 Å². The third kappa shape index (κ3) is 5.82. The molecule has 54 heavy (non-hydrogen) atoms. The first-order chi connectivity index (χ1) is 26.3. The van der Waals surface area contributed by atoms with Gasteiger partial charge in [-0.15, -0.1) is 24.3 Å². The molecular weight excluding hydrogens is 848 g/mol. The maximum Gasteiger partial charge on any atom is 2.00 e. The molecule has 3 heterocycles. The van der Waals surface area contributed by atoms with Gasteiger partial charge in [0, 0.05) is 30.0 Å². The summed E-state index contributed by atoms with van der Waals surface area (Å²) in [6.07, 6.45) is 4.99. The summed E-state index contributed by atoms with van der Waals surface area (Å²) in [4.78, 5) is 8.80. The second kappa shape index (κ2) is 14.0. The van der Waals surface area contributed by atoms with Gasteiger partial charge in [0.15, 0.2) is 5.65 Å². The standard InChI is InChI=1S/C46H28N6O.Pt/c1-3-12-32(13-4-1)39-22-11-23-40(33-14-5-2-6-15-33)44(39)51-31-50(43-25-24-34-16-7-8-21-41(34)45(43)51)35-17-9-19-37(28-35)53-38-20-10-18-36(29-38)52-46-42(30-49-52)47-26-27-48-46;/h1-27,30H;/q;+2. The van der Waals surface area contributed by atoms with Crippen molar-refractivity contribution >= 4 is 50.7 Å². The Morgan fingerprint density at radius 3 is 2.02 bits per heavy atom. The molecular formula is C46H28N6OPt+2. The molecule has 0 spiro atoms.